The van der Waals surface area contributed by atoms with Crippen molar-refractivity contribution >= 4 is 0 Å². The van der Waals surface area contributed by atoms with Gasteiger partial charge in [0.15, 0.2) is 0 Å². The predicted molar refractivity (Wildman–Crippen MR) is 63.2 cm³/mol. The van der Waals surface area contributed by atoms with Crippen molar-refractivity contribution in [1.82, 2.24) is 10.6 Å². The second-order valence-electron chi connectivity index (χ2n) is 3.57. The molecule has 0 fully saturated rings. The number of rotatable bonds is 10. The Balaban J connectivity index is 3.49. The second-order valence-corrected chi connectivity index (χ2v) is 3.57. The molecule has 15 heavy (non-hydrogen) atoms. The summed E-state index contributed by atoms with van der Waals surface area (Å²) in [5, 5.41) is 6.63. The Kier molecular flexibility index (Phi) is 9.83. The predicted octanol–water partition coefficient (Wildman–Crippen LogP) is 0.402. The number of hydrogen-bond donors (Lipinski definition) is 2. The molecule has 0 radical (unpaired) electrons. The Morgan fingerprint density at radius 2 is 2.07 bits per heavy atom. The van der Waals surface area contributed by atoms with E-state index in [2.05, 4.69) is 24.1 Å². The Morgan fingerprint density at radius 1 is 1.33 bits per heavy atom. The highest BCUT2D eigenvalue weighted by Crippen LogP contribution is 1.90. The van der Waals surface area contributed by atoms with Gasteiger partial charge in [0.2, 0.25) is 0 Å². The van der Waals surface area contributed by atoms with Crippen LogP contribution in [0.1, 0.15) is 6.92 Å². The molecule has 0 aliphatic heterocycles. The first kappa shape index (κ1) is 14.6. The fourth-order valence-corrected chi connectivity index (χ4v) is 1.20. The summed E-state index contributed by atoms with van der Waals surface area (Å²) in [6.45, 7) is 8.98. The minimum Gasteiger partial charge on any atom is -0.382 e. The normalized spacial score (nSPS) is 14.9. The number of nitrogens with one attached hydrogen (secondary N) is 2. The van der Waals surface area contributed by atoms with Gasteiger partial charge >= 0.3 is 0 Å². The lowest BCUT2D eigenvalue weighted by atomic mass is 10.3. The maximum atomic E-state index is 5.24. The SMILES string of the molecule is C=CCNCC(C)NCC(COC)OC. The average Bonchev–Trinajstić information content (AvgIpc) is 2.24. The molecule has 90 valence electrons. The lowest BCUT2D eigenvalue weighted by Crippen LogP contribution is -2.41. The van der Waals surface area contributed by atoms with Crippen molar-refractivity contribution in [3.05, 3.63) is 12.7 Å². The van der Waals surface area contributed by atoms with Crippen LogP contribution in [0.5, 0.6) is 0 Å². The third kappa shape index (κ3) is 8.57. The van der Waals surface area contributed by atoms with Gasteiger partial charge in [-0.05, 0) is 6.92 Å². The largest absolute Gasteiger partial charge is 0.382 e. The van der Waals surface area contributed by atoms with Crippen LogP contribution in [0.4, 0.5) is 0 Å². The van der Waals surface area contributed by atoms with Crippen LogP contribution in [0.25, 0.3) is 0 Å². The molecule has 4 heteroatoms. The summed E-state index contributed by atoms with van der Waals surface area (Å²) in [5.41, 5.74) is 0. The molecule has 0 bridgehead atoms. The van der Waals surface area contributed by atoms with Gasteiger partial charge in [0, 0.05) is 39.9 Å². The molecule has 4 nitrogen and oxygen atoms in total. The first-order valence-electron chi connectivity index (χ1n) is 5.31. The van der Waals surface area contributed by atoms with Crippen LogP contribution in [0.2, 0.25) is 0 Å². The number of methoxy groups -OCH3 is 2. The first-order chi connectivity index (χ1) is 7.24. The molecule has 0 rings (SSSR count). The van der Waals surface area contributed by atoms with E-state index in [1.54, 1.807) is 14.2 Å². The average molecular weight is 216 g/mol. The Morgan fingerprint density at radius 3 is 2.60 bits per heavy atom. The highest BCUT2D eigenvalue weighted by molar-refractivity contribution is 4.73. The fourth-order valence-electron chi connectivity index (χ4n) is 1.20. The molecule has 2 N–H and O–H groups in total. The van der Waals surface area contributed by atoms with Crippen LogP contribution in [-0.4, -0.2) is 52.6 Å². The third-order valence-electron chi connectivity index (χ3n) is 2.12. The quantitative estimate of drug-likeness (QED) is 0.410. The van der Waals surface area contributed by atoms with E-state index in [9.17, 15) is 0 Å². The van der Waals surface area contributed by atoms with E-state index in [0.29, 0.717) is 12.6 Å². The van der Waals surface area contributed by atoms with Crippen LogP contribution >= 0.6 is 0 Å². The molecule has 2 unspecified atom stereocenters. The van der Waals surface area contributed by atoms with Crippen molar-refractivity contribution in [2.45, 2.75) is 19.1 Å². The summed E-state index contributed by atoms with van der Waals surface area (Å²) >= 11 is 0. The molecule has 0 heterocycles. The minimum absolute atomic E-state index is 0.122. The van der Waals surface area contributed by atoms with E-state index in [1.165, 1.54) is 0 Å². The lowest BCUT2D eigenvalue weighted by molar-refractivity contribution is 0.0277. The van der Waals surface area contributed by atoms with Crippen LogP contribution in [0.3, 0.4) is 0 Å². The first-order valence-corrected chi connectivity index (χ1v) is 5.31. The van der Waals surface area contributed by atoms with Crippen molar-refractivity contribution in [2.75, 3.05) is 40.5 Å². The van der Waals surface area contributed by atoms with Crippen molar-refractivity contribution in [3.63, 3.8) is 0 Å². The highest BCUT2D eigenvalue weighted by atomic mass is 16.5. The van der Waals surface area contributed by atoms with Gasteiger partial charge in [-0.3, -0.25) is 0 Å². The molecule has 0 aromatic carbocycles. The zero-order valence-corrected chi connectivity index (χ0v) is 10.1. The standard InChI is InChI=1S/C11H24N2O2/c1-5-6-12-7-10(2)13-8-11(15-4)9-14-3/h5,10-13H,1,6-9H2,2-4H3. The lowest BCUT2D eigenvalue weighted by Gasteiger charge is -2.19. The topological polar surface area (TPSA) is 42.5 Å². The Labute approximate surface area is 93.0 Å². The molecular weight excluding hydrogens is 192 g/mol. The van der Waals surface area contributed by atoms with Gasteiger partial charge in [0.1, 0.15) is 0 Å². The molecule has 0 aliphatic carbocycles. The van der Waals surface area contributed by atoms with E-state index < -0.39 is 0 Å². The minimum atomic E-state index is 0.122. The third-order valence-corrected chi connectivity index (χ3v) is 2.12. The zero-order chi connectivity index (χ0) is 11.5. The van der Waals surface area contributed by atoms with Gasteiger partial charge < -0.3 is 20.1 Å². The van der Waals surface area contributed by atoms with Gasteiger partial charge in [-0.2, -0.15) is 0 Å². The van der Waals surface area contributed by atoms with E-state index in [-0.39, 0.29) is 6.10 Å². The molecule has 0 aromatic heterocycles. The van der Waals surface area contributed by atoms with E-state index >= 15 is 0 Å². The van der Waals surface area contributed by atoms with Gasteiger partial charge in [0.25, 0.3) is 0 Å². The summed E-state index contributed by atoms with van der Waals surface area (Å²) in [5.74, 6) is 0. The van der Waals surface area contributed by atoms with Crippen molar-refractivity contribution < 1.29 is 9.47 Å². The molecule has 0 spiro atoms. The van der Waals surface area contributed by atoms with Crippen LogP contribution in [0, 0.1) is 0 Å². The smallest absolute Gasteiger partial charge is 0.0928 e. The van der Waals surface area contributed by atoms with Gasteiger partial charge in [-0.15, -0.1) is 6.58 Å². The Bertz CT molecular complexity index is 154. The molecule has 0 aliphatic rings. The molecule has 0 saturated carbocycles. The van der Waals surface area contributed by atoms with Crippen molar-refractivity contribution in [3.8, 4) is 0 Å². The van der Waals surface area contributed by atoms with Crippen LogP contribution < -0.4 is 10.6 Å². The number of ether oxygens (including phenoxy) is 2. The van der Waals surface area contributed by atoms with Gasteiger partial charge in [-0.1, -0.05) is 6.08 Å². The van der Waals surface area contributed by atoms with Crippen LogP contribution in [-0.2, 0) is 9.47 Å². The molecule has 0 amide bonds. The van der Waals surface area contributed by atoms with Crippen LogP contribution in [0.15, 0.2) is 12.7 Å². The second kappa shape index (κ2) is 10.1. The van der Waals surface area contributed by atoms with E-state index in [4.69, 9.17) is 9.47 Å². The summed E-state index contributed by atoms with van der Waals surface area (Å²) in [7, 11) is 3.38. The number of hydrogen-bond acceptors (Lipinski definition) is 4. The maximum Gasteiger partial charge on any atom is 0.0928 e. The zero-order valence-electron chi connectivity index (χ0n) is 10.1. The van der Waals surface area contributed by atoms with Crippen molar-refractivity contribution in [2.24, 2.45) is 0 Å². The summed E-state index contributed by atoms with van der Waals surface area (Å²) in [6, 6.07) is 0.416. The summed E-state index contributed by atoms with van der Waals surface area (Å²) in [4.78, 5) is 0. The maximum absolute atomic E-state index is 5.24. The van der Waals surface area contributed by atoms with Crippen molar-refractivity contribution in [1.29, 1.82) is 0 Å². The molecule has 2 atom stereocenters. The summed E-state index contributed by atoms with van der Waals surface area (Å²) in [6.07, 6.45) is 1.98. The molecule has 0 saturated heterocycles. The Hall–Kier alpha value is -0.420. The van der Waals surface area contributed by atoms with Gasteiger partial charge in [0.05, 0.1) is 12.7 Å². The monoisotopic (exact) mass is 216 g/mol. The highest BCUT2D eigenvalue weighted by Gasteiger charge is 2.08. The molecule has 0 aromatic rings. The fraction of sp³-hybridized carbons (Fsp3) is 0.818. The van der Waals surface area contributed by atoms with E-state index in [1.807, 2.05) is 6.08 Å². The van der Waals surface area contributed by atoms with Gasteiger partial charge in [-0.25, -0.2) is 0 Å². The summed E-state index contributed by atoms with van der Waals surface area (Å²) < 4.78 is 10.3. The molecular formula is C11H24N2O2. The van der Waals surface area contributed by atoms with E-state index in [0.717, 1.165) is 19.6 Å².